The quantitative estimate of drug-likeness (QED) is 0.647. The van der Waals surface area contributed by atoms with Gasteiger partial charge in [0, 0.05) is 17.0 Å². The van der Waals surface area contributed by atoms with Crippen molar-refractivity contribution >= 4 is 28.5 Å². The number of ether oxygens (including phenoxy) is 2. The number of anilines is 1. The molecule has 7 heteroatoms. The number of carbonyl (C=O) groups is 2. The molecule has 140 valence electrons. The Bertz CT molecular complexity index is 978. The van der Waals surface area contributed by atoms with E-state index in [4.69, 9.17) is 13.9 Å². The van der Waals surface area contributed by atoms with Crippen molar-refractivity contribution in [1.82, 2.24) is 0 Å². The minimum atomic E-state index is -0.982. The fourth-order valence-electron chi connectivity index (χ4n) is 2.64. The molecule has 0 saturated heterocycles. The second-order valence-electron chi connectivity index (χ2n) is 5.94. The highest BCUT2D eigenvalue weighted by Crippen LogP contribution is 2.26. The third-order valence-electron chi connectivity index (χ3n) is 4.02. The van der Waals surface area contributed by atoms with E-state index < -0.39 is 18.0 Å². The average Bonchev–Trinajstić information content (AvgIpc) is 3.03. The van der Waals surface area contributed by atoms with Crippen molar-refractivity contribution in [3.05, 3.63) is 54.3 Å². The summed E-state index contributed by atoms with van der Waals surface area (Å²) in [6, 6.07) is 11.6. The van der Waals surface area contributed by atoms with Crippen LogP contribution in [0.1, 0.15) is 12.5 Å². The molecule has 0 aliphatic heterocycles. The zero-order chi connectivity index (χ0) is 19.4. The Morgan fingerprint density at radius 3 is 2.78 bits per heavy atom. The van der Waals surface area contributed by atoms with Gasteiger partial charge < -0.3 is 24.3 Å². The molecule has 1 heterocycles. The molecule has 3 rings (SSSR count). The van der Waals surface area contributed by atoms with Gasteiger partial charge in [-0.2, -0.15) is 0 Å². The Labute approximate surface area is 155 Å². The van der Waals surface area contributed by atoms with Crippen molar-refractivity contribution in [1.29, 1.82) is 0 Å². The molecule has 1 aromatic heterocycles. The number of esters is 1. The summed E-state index contributed by atoms with van der Waals surface area (Å²) in [5.74, 6) is -0.437. The van der Waals surface area contributed by atoms with Crippen LogP contribution >= 0.6 is 0 Å². The molecule has 1 atom stereocenters. The summed E-state index contributed by atoms with van der Waals surface area (Å²) in [5, 5.41) is 12.8. The number of phenols is 1. The molecule has 0 radical (unpaired) electrons. The Kier molecular flexibility index (Phi) is 5.30. The summed E-state index contributed by atoms with van der Waals surface area (Å²) in [5.41, 5.74) is 1.58. The number of hydrogen-bond acceptors (Lipinski definition) is 6. The van der Waals surface area contributed by atoms with Gasteiger partial charge in [0.25, 0.3) is 5.91 Å². The van der Waals surface area contributed by atoms with Gasteiger partial charge in [-0.3, -0.25) is 9.59 Å². The molecule has 0 bridgehead atoms. The van der Waals surface area contributed by atoms with Gasteiger partial charge in [0.1, 0.15) is 17.1 Å². The standard InChI is InChI=1S/C20H19NO6/c1-12(20(24)21-16-5-3-4-6-17(16)25-2)27-19(23)9-13-11-26-18-10-14(22)7-8-15(13)18/h3-8,10-12,22H,9H2,1-2H3,(H,21,24)/t12-/m1/s1. The normalized spacial score (nSPS) is 11.8. The second kappa shape index (κ2) is 7.82. The summed E-state index contributed by atoms with van der Waals surface area (Å²) >= 11 is 0. The Balaban J connectivity index is 1.62. The second-order valence-corrected chi connectivity index (χ2v) is 5.94. The maximum Gasteiger partial charge on any atom is 0.311 e. The molecule has 0 fully saturated rings. The molecule has 0 saturated carbocycles. The fraction of sp³-hybridized carbons (Fsp3) is 0.200. The van der Waals surface area contributed by atoms with E-state index in [0.717, 1.165) is 0 Å². The number of nitrogens with one attached hydrogen (secondary N) is 1. The van der Waals surface area contributed by atoms with Gasteiger partial charge in [-0.25, -0.2) is 0 Å². The number of aromatic hydroxyl groups is 1. The van der Waals surface area contributed by atoms with Crippen LogP contribution in [0.25, 0.3) is 11.0 Å². The lowest BCUT2D eigenvalue weighted by atomic mass is 10.1. The van der Waals surface area contributed by atoms with Gasteiger partial charge in [-0.1, -0.05) is 12.1 Å². The lowest BCUT2D eigenvalue weighted by Crippen LogP contribution is -2.30. The van der Waals surface area contributed by atoms with Crippen LogP contribution < -0.4 is 10.1 Å². The van der Waals surface area contributed by atoms with E-state index in [1.165, 1.54) is 32.4 Å². The van der Waals surface area contributed by atoms with Crippen molar-refractivity contribution in [3.8, 4) is 11.5 Å². The number of hydrogen-bond donors (Lipinski definition) is 2. The number of fused-ring (bicyclic) bond motifs is 1. The molecule has 3 aromatic rings. The van der Waals surface area contributed by atoms with Crippen LogP contribution in [0.4, 0.5) is 5.69 Å². The number of para-hydroxylation sites is 2. The SMILES string of the molecule is COc1ccccc1NC(=O)[C@@H](C)OC(=O)Cc1coc2cc(O)ccc12. The van der Waals surface area contributed by atoms with Crippen LogP contribution in [0.5, 0.6) is 11.5 Å². The van der Waals surface area contributed by atoms with Crippen LogP contribution in [0.2, 0.25) is 0 Å². The highest BCUT2D eigenvalue weighted by Gasteiger charge is 2.20. The number of carbonyl (C=O) groups excluding carboxylic acids is 2. The zero-order valence-corrected chi connectivity index (χ0v) is 14.9. The highest BCUT2D eigenvalue weighted by molar-refractivity contribution is 5.96. The van der Waals surface area contributed by atoms with Gasteiger partial charge >= 0.3 is 5.97 Å². The van der Waals surface area contributed by atoms with E-state index >= 15 is 0 Å². The molecule has 1 amide bonds. The van der Waals surface area contributed by atoms with Crippen molar-refractivity contribution in [2.24, 2.45) is 0 Å². The van der Waals surface area contributed by atoms with Crippen LogP contribution in [-0.2, 0) is 20.7 Å². The van der Waals surface area contributed by atoms with E-state index in [0.29, 0.717) is 28.0 Å². The number of methoxy groups -OCH3 is 1. The van der Waals surface area contributed by atoms with E-state index in [2.05, 4.69) is 5.32 Å². The van der Waals surface area contributed by atoms with Gasteiger partial charge in [0.2, 0.25) is 0 Å². The predicted octanol–water partition coefficient (Wildman–Crippen LogP) is 3.26. The summed E-state index contributed by atoms with van der Waals surface area (Å²) in [6.45, 7) is 1.49. The lowest BCUT2D eigenvalue weighted by Gasteiger charge is -2.15. The summed E-state index contributed by atoms with van der Waals surface area (Å²) < 4.78 is 15.7. The first-order chi connectivity index (χ1) is 13.0. The van der Waals surface area contributed by atoms with Crippen LogP contribution in [0.15, 0.2) is 53.1 Å². The average molecular weight is 369 g/mol. The molecule has 0 aliphatic rings. The Morgan fingerprint density at radius 2 is 2.00 bits per heavy atom. The van der Waals surface area contributed by atoms with E-state index in [9.17, 15) is 14.7 Å². The lowest BCUT2D eigenvalue weighted by molar-refractivity contribution is -0.152. The third-order valence-corrected chi connectivity index (χ3v) is 4.02. The van der Waals surface area contributed by atoms with Crippen molar-refractivity contribution < 1.29 is 28.6 Å². The summed E-state index contributed by atoms with van der Waals surface area (Å²) in [4.78, 5) is 24.5. The maximum absolute atomic E-state index is 12.3. The van der Waals surface area contributed by atoms with E-state index in [-0.39, 0.29) is 12.2 Å². The first kappa shape index (κ1) is 18.3. The monoisotopic (exact) mass is 369 g/mol. The number of benzene rings is 2. The van der Waals surface area contributed by atoms with E-state index in [1.807, 2.05) is 0 Å². The third kappa shape index (κ3) is 4.20. The number of phenolic OH excluding ortho intramolecular Hbond substituents is 1. The molecular weight excluding hydrogens is 350 g/mol. The smallest absolute Gasteiger partial charge is 0.311 e. The first-order valence-corrected chi connectivity index (χ1v) is 8.30. The van der Waals surface area contributed by atoms with Gasteiger partial charge in [-0.05, 0) is 31.2 Å². The largest absolute Gasteiger partial charge is 0.508 e. The number of amides is 1. The predicted molar refractivity (Wildman–Crippen MR) is 98.8 cm³/mol. The molecule has 2 N–H and O–H groups in total. The van der Waals surface area contributed by atoms with Gasteiger partial charge in [0.05, 0.1) is 25.5 Å². The fourth-order valence-corrected chi connectivity index (χ4v) is 2.64. The summed E-state index contributed by atoms with van der Waals surface area (Å²) in [7, 11) is 1.50. The van der Waals surface area contributed by atoms with E-state index in [1.54, 1.807) is 30.3 Å². The molecule has 27 heavy (non-hydrogen) atoms. The zero-order valence-electron chi connectivity index (χ0n) is 14.9. The molecule has 7 nitrogen and oxygen atoms in total. The van der Waals surface area contributed by atoms with Crippen LogP contribution in [0, 0.1) is 0 Å². The summed E-state index contributed by atoms with van der Waals surface area (Å²) in [6.07, 6.45) is 0.402. The molecule has 0 spiro atoms. The molecule has 0 aliphatic carbocycles. The minimum absolute atomic E-state index is 0.0515. The van der Waals surface area contributed by atoms with Crippen molar-refractivity contribution in [3.63, 3.8) is 0 Å². The minimum Gasteiger partial charge on any atom is -0.508 e. The Hall–Kier alpha value is -3.48. The number of furan rings is 1. The van der Waals surface area contributed by atoms with Crippen LogP contribution in [0.3, 0.4) is 0 Å². The van der Waals surface area contributed by atoms with Crippen LogP contribution in [-0.4, -0.2) is 30.2 Å². The first-order valence-electron chi connectivity index (χ1n) is 8.30. The Morgan fingerprint density at radius 1 is 1.22 bits per heavy atom. The topological polar surface area (TPSA) is 98.0 Å². The van der Waals surface area contributed by atoms with Crippen molar-refractivity contribution in [2.45, 2.75) is 19.4 Å². The van der Waals surface area contributed by atoms with Crippen molar-refractivity contribution in [2.75, 3.05) is 12.4 Å². The van der Waals surface area contributed by atoms with Gasteiger partial charge in [0.15, 0.2) is 6.10 Å². The number of rotatable bonds is 6. The molecule has 0 unspecified atom stereocenters. The molecule has 2 aromatic carbocycles. The van der Waals surface area contributed by atoms with Gasteiger partial charge in [-0.15, -0.1) is 0 Å². The molecular formula is C20H19NO6. The maximum atomic E-state index is 12.3. The highest BCUT2D eigenvalue weighted by atomic mass is 16.5.